The first-order valence-electron chi connectivity index (χ1n) is 7.08. The molecule has 0 N–H and O–H groups in total. The number of para-hydroxylation sites is 1. The average molecular weight is 385 g/mol. The van der Waals surface area contributed by atoms with Crippen molar-refractivity contribution >= 4 is 56.3 Å². The summed E-state index contributed by atoms with van der Waals surface area (Å²) < 4.78 is 7.42. The molecule has 1 aromatic heterocycles. The SMILES string of the molecule is [CH3][Sn]([CH3])([CH3])[c]1cc(/C=C\C=O)c2c(c1)oc1ccccc12. The Morgan fingerprint density at radius 3 is 2.52 bits per heavy atom. The van der Waals surface area contributed by atoms with Gasteiger partial charge in [-0.15, -0.1) is 0 Å². The number of furan rings is 1. The molecule has 21 heavy (non-hydrogen) atoms. The fraction of sp³-hybridized carbons (Fsp3) is 0.167. The summed E-state index contributed by atoms with van der Waals surface area (Å²) in [6.45, 7) is 0. The first-order chi connectivity index (χ1) is 10.0. The van der Waals surface area contributed by atoms with Gasteiger partial charge in [-0.1, -0.05) is 0 Å². The fourth-order valence-corrected chi connectivity index (χ4v) is 5.88. The molecule has 0 bridgehead atoms. The van der Waals surface area contributed by atoms with E-state index in [0.29, 0.717) is 0 Å². The summed E-state index contributed by atoms with van der Waals surface area (Å²) >= 11 is -2.21. The van der Waals surface area contributed by atoms with Crippen molar-refractivity contribution in [2.75, 3.05) is 0 Å². The van der Waals surface area contributed by atoms with Gasteiger partial charge in [0.2, 0.25) is 0 Å². The molecule has 1 heterocycles. The van der Waals surface area contributed by atoms with Gasteiger partial charge in [0.05, 0.1) is 0 Å². The van der Waals surface area contributed by atoms with E-state index >= 15 is 0 Å². The molecule has 0 saturated carbocycles. The third kappa shape index (κ3) is 2.64. The topological polar surface area (TPSA) is 30.2 Å². The molecule has 0 aliphatic heterocycles. The maximum atomic E-state index is 10.7. The van der Waals surface area contributed by atoms with Crippen molar-refractivity contribution in [1.82, 2.24) is 0 Å². The molecule has 0 atom stereocenters. The van der Waals surface area contributed by atoms with Crippen molar-refractivity contribution in [2.45, 2.75) is 14.8 Å². The van der Waals surface area contributed by atoms with E-state index in [0.717, 1.165) is 33.8 Å². The van der Waals surface area contributed by atoms with E-state index in [2.05, 4.69) is 33.0 Å². The van der Waals surface area contributed by atoms with E-state index in [1.165, 1.54) is 3.58 Å². The Balaban J connectivity index is 2.41. The van der Waals surface area contributed by atoms with E-state index in [9.17, 15) is 4.79 Å². The van der Waals surface area contributed by atoms with Gasteiger partial charge in [-0.05, 0) is 0 Å². The van der Waals surface area contributed by atoms with Crippen LogP contribution in [0, 0.1) is 0 Å². The van der Waals surface area contributed by atoms with Crippen LogP contribution in [0.4, 0.5) is 0 Å². The molecule has 0 fully saturated rings. The maximum absolute atomic E-state index is 10.7. The second-order valence-electron chi connectivity index (χ2n) is 6.28. The average Bonchev–Trinajstić information content (AvgIpc) is 2.82. The monoisotopic (exact) mass is 386 g/mol. The van der Waals surface area contributed by atoms with Crippen molar-refractivity contribution in [3.63, 3.8) is 0 Å². The number of hydrogen-bond donors (Lipinski definition) is 0. The first-order valence-corrected chi connectivity index (χ1v) is 17.1. The van der Waals surface area contributed by atoms with Crippen LogP contribution in [0.25, 0.3) is 28.0 Å². The number of carbonyl (C=O) groups excluding carboxylic acids is 1. The number of aldehydes is 1. The van der Waals surface area contributed by atoms with E-state index in [-0.39, 0.29) is 0 Å². The van der Waals surface area contributed by atoms with E-state index < -0.39 is 18.4 Å². The second-order valence-corrected chi connectivity index (χ2v) is 20.8. The summed E-state index contributed by atoms with van der Waals surface area (Å²) in [6.07, 6.45) is 4.26. The first kappa shape index (κ1) is 14.4. The minimum atomic E-state index is -2.21. The molecule has 0 aliphatic carbocycles. The number of allylic oxidation sites excluding steroid dienone is 1. The summed E-state index contributed by atoms with van der Waals surface area (Å²) in [5.41, 5.74) is 2.89. The van der Waals surface area contributed by atoms with E-state index in [1.807, 2.05) is 24.3 Å². The summed E-state index contributed by atoms with van der Waals surface area (Å²) in [5.74, 6) is 0. The zero-order valence-corrected chi connectivity index (χ0v) is 15.4. The Morgan fingerprint density at radius 2 is 1.81 bits per heavy atom. The standard InChI is InChI=1S/C15H9O2.3CH3.Sn/c16-10-4-6-11-5-3-9-14-15(11)12-7-1-2-8-13(12)17-14;;;;/h1-2,4-10H;3*1H3;/b6-4-;;;;. The molecular formula is C18H18O2Sn. The number of rotatable bonds is 3. The quantitative estimate of drug-likeness (QED) is 0.382. The number of benzene rings is 2. The molecule has 0 spiro atoms. The van der Waals surface area contributed by atoms with Crippen LogP contribution in [0.2, 0.25) is 14.8 Å². The van der Waals surface area contributed by atoms with Crippen LogP contribution in [-0.2, 0) is 4.79 Å². The van der Waals surface area contributed by atoms with Crippen LogP contribution in [0.3, 0.4) is 0 Å². The summed E-state index contributed by atoms with van der Waals surface area (Å²) in [6, 6.07) is 12.5. The molecule has 0 radical (unpaired) electrons. The van der Waals surface area contributed by atoms with Crippen LogP contribution in [0.5, 0.6) is 0 Å². The zero-order valence-electron chi connectivity index (χ0n) is 12.5. The predicted molar refractivity (Wildman–Crippen MR) is 91.8 cm³/mol. The molecule has 3 rings (SSSR count). The van der Waals surface area contributed by atoms with Crippen LogP contribution >= 0.6 is 0 Å². The molecule has 2 nitrogen and oxygen atoms in total. The van der Waals surface area contributed by atoms with Crippen molar-refractivity contribution in [2.24, 2.45) is 0 Å². The predicted octanol–water partition coefficient (Wildman–Crippen LogP) is 4.34. The fourth-order valence-electron chi connectivity index (χ4n) is 2.59. The third-order valence-electron chi connectivity index (χ3n) is 3.73. The number of fused-ring (bicyclic) bond motifs is 3. The van der Waals surface area contributed by atoms with E-state index in [4.69, 9.17) is 4.42 Å². The number of hydrogen-bond acceptors (Lipinski definition) is 2. The van der Waals surface area contributed by atoms with Crippen molar-refractivity contribution in [3.8, 4) is 0 Å². The third-order valence-corrected chi connectivity index (χ3v) is 9.50. The summed E-state index contributed by atoms with van der Waals surface area (Å²) in [7, 11) is 0. The Morgan fingerprint density at radius 1 is 1.05 bits per heavy atom. The molecule has 106 valence electrons. The summed E-state index contributed by atoms with van der Waals surface area (Å²) in [4.78, 5) is 17.8. The normalized spacial score (nSPS) is 12.5. The van der Waals surface area contributed by atoms with Crippen LogP contribution in [0.1, 0.15) is 5.56 Å². The molecule has 0 aliphatic rings. The Labute approximate surface area is 128 Å². The van der Waals surface area contributed by atoms with Gasteiger partial charge in [-0.2, -0.15) is 0 Å². The Kier molecular flexibility index (Phi) is 3.66. The number of carbonyl (C=O) groups is 1. The van der Waals surface area contributed by atoms with Gasteiger partial charge in [0.25, 0.3) is 0 Å². The molecule has 0 amide bonds. The Hall–Kier alpha value is -1.55. The van der Waals surface area contributed by atoms with Crippen molar-refractivity contribution < 1.29 is 9.21 Å². The van der Waals surface area contributed by atoms with Gasteiger partial charge in [-0.25, -0.2) is 0 Å². The molecular weight excluding hydrogens is 367 g/mol. The van der Waals surface area contributed by atoms with Crippen molar-refractivity contribution in [3.05, 3.63) is 48.0 Å². The van der Waals surface area contributed by atoms with Gasteiger partial charge < -0.3 is 0 Å². The molecule has 3 heteroatoms. The van der Waals surface area contributed by atoms with Gasteiger partial charge >= 0.3 is 128 Å². The van der Waals surface area contributed by atoms with Crippen LogP contribution in [-0.4, -0.2) is 24.7 Å². The van der Waals surface area contributed by atoms with Crippen LogP contribution in [0.15, 0.2) is 46.9 Å². The zero-order chi connectivity index (χ0) is 15.0. The van der Waals surface area contributed by atoms with Gasteiger partial charge in [0, 0.05) is 0 Å². The van der Waals surface area contributed by atoms with Gasteiger partial charge in [0.1, 0.15) is 0 Å². The van der Waals surface area contributed by atoms with E-state index in [1.54, 1.807) is 6.08 Å². The van der Waals surface area contributed by atoms with Gasteiger partial charge in [0.15, 0.2) is 0 Å². The van der Waals surface area contributed by atoms with Crippen molar-refractivity contribution in [1.29, 1.82) is 0 Å². The Bertz CT molecular complexity index is 851. The molecule has 3 aromatic rings. The van der Waals surface area contributed by atoms with Crippen LogP contribution < -0.4 is 3.58 Å². The summed E-state index contributed by atoms with van der Waals surface area (Å²) in [5, 5.41) is 2.21. The molecule has 2 aromatic carbocycles. The molecule has 0 unspecified atom stereocenters. The minimum absolute atomic E-state index is 0.821. The molecule has 0 saturated heterocycles. The second kappa shape index (κ2) is 5.33. The van der Waals surface area contributed by atoms with Gasteiger partial charge in [-0.3, -0.25) is 0 Å².